The van der Waals surface area contributed by atoms with Gasteiger partial charge in [-0.25, -0.2) is 9.97 Å². The lowest BCUT2D eigenvalue weighted by Gasteiger charge is -2.34. The lowest BCUT2D eigenvalue weighted by atomic mass is 9.71. The number of fused-ring (bicyclic) bond motifs is 2. The smallest absolute Gasteiger partial charge is 0.123 e. The van der Waals surface area contributed by atoms with Crippen molar-refractivity contribution in [2.45, 2.75) is 130 Å². The first-order chi connectivity index (χ1) is 26.4. The molecule has 0 radical (unpaired) electrons. The largest absolute Gasteiger partial charge is 0.507 e. The number of aryl methyl sites for hydroxylation is 2. The Morgan fingerprint density at radius 1 is 0.439 bits per heavy atom. The van der Waals surface area contributed by atoms with Gasteiger partial charge in [0.15, 0.2) is 0 Å². The number of hydrogen-bond acceptors (Lipinski definition) is 7. The maximum Gasteiger partial charge on any atom is 0.123 e. The van der Waals surface area contributed by atoms with E-state index in [0.717, 1.165) is 78.7 Å². The van der Waals surface area contributed by atoms with Crippen molar-refractivity contribution in [1.82, 2.24) is 18.7 Å². The van der Waals surface area contributed by atoms with Gasteiger partial charge in [-0.2, -0.15) is 8.75 Å². The van der Waals surface area contributed by atoms with E-state index in [2.05, 4.69) is 170 Å². The van der Waals surface area contributed by atoms with Crippen LogP contribution in [0.1, 0.15) is 162 Å². The average Bonchev–Trinajstić information content (AvgIpc) is 3.58. The van der Waals surface area contributed by atoms with Crippen molar-refractivity contribution in [1.29, 1.82) is 0 Å². The standard InChI is InChI=1S/C50H58N4O2S/c1-27-15-19-29(20-16-27)39-40(30-21-17-28(2)18-22-30)52-42-38(32-25-35(49(9,10)11)46(56)36(26-32)50(12,13)14)44-43(53-57-54-44)37(41(42)51-39)31-23-33(47(3,4)5)45(55)34(24-31)48(6,7)8/h15-26,37-38,55-56H,1-14H3. The zero-order valence-corrected chi connectivity index (χ0v) is 37.0. The average molecular weight is 779 g/mol. The molecule has 1 aliphatic carbocycles. The third-order valence-electron chi connectivity index (χ3n) is 11.4. The lowest BCUT2D eigenvalue weighted by molar-refractivity contribution is 0.421. The molecule has 0 amide bonds. The van der Waals surface area contributed by atoms with E-state index in [9.17, 15) is 10.2 Å². The highest BCUT2D eigenvalue weighted by Gasteiger charge is 2.43. The van der Waals surface area contributed by atoms with Crippen LogP contribution >= 0.6 is 11.7 Å². The van der Waals surface area contributed by atoms with E-state index in [4.69, 9.17) is 18.7 Å². The Labute approximate surface area is 343 Å². The predicted octanol–water partition coefficient (Wildman–Crippen LogP) is 12.6. The van der Waals surface area contributed by atoms with Gasteiger partial charge in [-0.3, -0.25) is 0 Å². The minimum atomic E-state index is -0.405. The molecule has 0 fully saturated rings. The second-order valence-corrected chi connectivity index (χ2v) is 20.8. The fraction of sp³-hybridized carbons (Fsp3) is 0.400. The fourth-order valence-electron chi connectivity index (χ4n) is 8.14. The Balaban J connectivity index is 1.64. The fourth-order valence-corrected chi connectivity index (χ4v) is 8.75. The van der Waals surface area contributed by atoms with Gasteiger partial charge in [0.25, 0.3) is 0 Å². The number of phenolic OH excluding ortho intramolecular Hbond substituents is 2. The second-order valence-electron chi connectivity index (χ2n) is 20.3. The van der Waals surface area contributed by atoms with Crippen molar-refractivity contribution in [3.8, 4) is 34.0 Å². The van der Waals surface area contributed by atoms with Gasteiger partial charge >= 0.3 is 0 Å². The molecular formula is C50H58N4O2S. The van der Waals surface area contributed by atoms with Crippen LogP contribution in [0.3, 0.4) is 0 Å². The molecule has 0 saturated carbocycles. The van der Waals surface area contributed by atoms with Crippen LogP contribution in [0.25, 0.3) is 22.5 Å². The topological polar surface area (TPSA) is 92.0 Å². The Bertz CT molecular complexity index is 2240. The third kappa shape index (κ3) is 7.40. The number of benzene rings is 4. The molecule has 2 heterocycles. The molecule has 2 atom stereocenters. The van der Waals surface area contributed by atoms with E-state index in [1.165, 1.54) is 22.9 Å². The van der Waals surface area contributed by atoms with Crippen LogP contribution in [-0.4, -0.2) is 28.9 Å². The Morgan fingerprint density at radius 2 is 0.719 bits per heavy atom. The molecule has 0 aliphatic heterocycles. The van der Waals surface area contributed by atoms with Crippen LogP contribution < -0.4 is 0 Å². The summed E-state index contributed by atoms with van der Waals surface area (Å²) < 4.78 is 10.2. The van der Waals surface area contributed by atoms with Crippen molar-refractivity contribution >= 4 is 11.7 Å². The van der Waals surface area contributed by atoms with Gasteiger partial charge in [0.1, 0.15) is 11.5 Å². The normalized spacial score (nSPS) is 16.0. The summed E-state index contributed by atoms with van der Waals surface area (Å²) in [6, 6.07) is 25.7. The Morgan fingerprint density at radius 3 is 0.982 bits per heavy atom. The molecule has 6 aromatic rings. The van der Waals surface area contributed by atoms with Gasteiger partial charge in [0.05, 0.1) is 57.7 Å². The number of aromatic nitrogens is 4. The maximum atomic E-state index is 11.9. The summed E-state index contributed by atoms with van der Waals surface area (Å²) in [5.41, 5.74) is 13.4. The van der Waals surface area contributed by atoms with Crippen LogP contribution in [0, 0.1) is 13.8 Å². The van der Waals surface area contributed by atoms with Gasteiger partial charge in [-0.15, -0.1) is 0 Å². The minimum Gasteiger partial charge on any atom is -0.507 e. The molecule has 4 aromatic carbocycles. The first-order valence-electron chi connectivity index (χ1n) is 20.1. The van der Waals surface area contributed by atoms with Gasteiger partial charge in [-0.1, -0.05) is 167 Å². The van der Waals surface area contributed by atoms with Crippen LogP contribution in [0.5, 0.6) is 11.5 Å². The van der Waals surface area contributed by atoms with Crippen molar-refractivity contribution in [3.63, 3.8) is 0 Å². The minimum absolute atomic E-state index is 0.332. The molecule has 6 nitrogen and oxygen atoms in total. The van der Waals surface area contributed by atoms with Gasteiger partial charge in [-0.05, 0) is 68.9 Å². The van der Waals surface area contributed by atoms with E-state index >= 15 is 0 Å². The summed E-state index contributed by atoms with van der Waals surface area (Å²) in [6.07, 6.45) is 0. The second kappa shape index (κ2) is 13.9. The maximum absolute atomic E-state index is 11.9. The highest BCUT2D eigenvalue weighted by atomic mass is 32.1. The number of phenols is 2. The highest BCUT2D eigenvalue weighted by Crippen LogP contribution is 2.52. The quantitative estimate of drug-likeness (QED) is 0.185. The molecule has 0 bridgehead atoms. The predicted molar refractivity (Wildman–Crippen MR) is 235 cm³/mol. The zero-order valence-electron chi connectivity index (χ0n) is 36.2. The molecule has 2 N–H and O–H groups in total. The molecule has 0 spiro atoms. The number of hydrogen-bond donors (Lipinski definition) is 2. The molecular weight excluding hydrogens is 721 g/mol. The van der Waals surface area contributed by atoms with E-state index in [0.29, 0.717) is 11.5 Å². The van der Waals surface area contributed by atoms with E-state index in [-0.39, 0.29) is 21.7 Å². The summed E-state index contributed by atoms with van der Waals surface area (Å²) in [7, 11) is 0. The summed E-state index contributed by atoms with van der Waals surface area (Å²) in [5.74, 6) is -0.145. The SMILES string of the molecule is Cc1ccc(-c2nc3c(nc2-c2ccc(C)cc2)C(c2cc(C(C)(C)C)c(O)c(C(C)(C)C)c2)c2nsnc2C3c2cc(C(C)(C)C)c(O)c(C(C)(C)C)c2)cc1. The molecule has 7 rings (SSSR count). The van der Waals surface area contributed by atoms with Crippen molar-refractivity contribution in [2.24, 2.45) is 0 Å². The molecule has 7 heteroatoms. The van der Waals surface area contributed by atoms with Crippen LogP contribution in [-0.2, 0) is 21.7 Å². The van der Waals surface area contributed by atoms with Gasteiger partial charge in [0, 0.05) is 11.1 Å². The van der Waals surface area contributed by atoms with Crippen molar-refractivity contribution in [3.05, 3.63) is 140 Å². The van der Waals surface area contributed by atoms with Crippen LogP contribution in [0.4, 0.5) is 0 Å². The van der Waals surface area contributed by atoms with Crippen molar-refractivity contribution < 1.29 is 10.2 Å². The molecule has 2 aromatic heterocycles. The number of rotatable bonds is 4. The lowest BCUT2D eigenvalue weighted by Crippen LogP contribution is -2.26. The van der Waals surface area contributed by atoms with Gasteiger partial charge in [0.2, 0.25) is 0 Å². The van der Waals surface area contributed by atoms with Crippen molar-refractivity contribution in [2.75, 3.05) is 0 Å². The molecule has 1 aliphatic rings. The van der Waals surface area contributed by atoms with Gasteiger partial charge < -0.3 is 10.2 Å². The number of nitrogens with zero attached hydrogens (tertiary/aromatic N) is 4. The first kappa shape index (κ1) is 40.3. The molecule has 0 saturated heterocycles. The van der Waals surface area contributed by atoms with Crippen LogP contribution in [0.2, 0.25) is 0 Å². The summed E-state index contributed by atoms with van der Waals surface area (Å²) >= 11 is 1.22. The van der Waals surface area contributed by atoms with E-state index in [1.807, 2.05) is 0 Å². The molecule has 2 unspecified atom stereocenters. The Hall–Kier alpha value is -4.88. The summed E-state index contributed by atoms with van der Waals surface area (Å²) in [6.45, 7) is 29.9. The summed E-state index contributed by atoms with van der Waals surface area (Å²) in [4.78, 5) is 11.5. The summed E-state index contributed by atoms with van der Waals surface area (Å²) in [5, 5.41) is 23.7. The van der Waals surface area contributed by atoms with E-state index < -0.39 is 11.8 Å². The molecule has 57 heavy (non-hydrogen) atoms. The van der Waals surface area contributed by atoms with Crippen LogP contribution in [0.15, 0.2) is 72.8 Å². The van der Waals surface area contributed by atoms with E-state index in [1.54, 1.807) is 0 Å². The molecule has 296 valence electrons. The zero-order chi connectivity index (χ0) is 41.6. The first-order valence-corrected chi connectivity index (χ1v) is 20.8. The number of aromatic hydroxyl groups is 2. The third-order valence-corrected chi connectivity index (χ3v) is 12.0. The monoisotopic (exact) mass is 778 g/mol. The Kier molecular flexibility index (Phi) is 9.83. The highest BCUT2D eigenvalue weighted by molar-refractivity contribution is 6.99.